The first-order valence-electron chi connectivity index (χ1n) is 12.1. The van der Waals surface area contributed by atoms with Crippen LogP contribution in [0.2, 0.25) is 0 Å². The Labute approximate surface area is 203 Å². The maximum atomic E-state index is 14.0. The zero-order chi connectivity index (χ0) is 24.5. The van der Waals surface area contributed by atoms with E-state index in [1.165, 1.54) is 10.7 Å². The quantitative estimate of drug-likeness (QED) is 0.462. The van der Waals surface area contributed by atoms with Gasteiger partial charge < -0.3 is 9.88 Å². The van der Waals surface area contributed by atoms with Gasteiger partial charge in [-0.25, -0.2) is 9.07 Å². The summed E-state index contributed by atoms with van der Waals surface area (Å²) in [5.41, 5.74) is 1.84. The third kappa shape index (κ3) is 4.46. The van der Waals surface area contributed by atoms with E-state index in [-0.39, 0.29) is 17.3 Å². The molecule has 5 rings (SSSR count). The summed E-state index contributed by atoms with van der Waals surface area (Å²) in [5, 5.41) is 8.96. The van der Waals surface area contributed by atoms with Crippen molar-refractivity contribution in [1.29, 1.82) is 0 Å². The minimum atomic E-state index is -0.548. The molecule has 0 bridgehead atoms. The van der Waals surface area contributed by atoms with E-state index in [0.29, 0.717) is 24.5 Å². The van der Waals surface area contributed by atoms with E-state index in [9.17, 15) is 14.0 Å². The standard InChI is InChI=1S/C27H30FN5O2/c1-18(33-24-10-6-4-8-21(24)22-16-30-31(2)27(35)25(22)33)26(34)29-15-19-11-13-32(14-12-19)17-20-7-3-5-9-23(20)28/h3-10,16,18-19H,11-15,17H2,1-2H3,(H,29,34). The van der Waals surface area contributed by atoms with Gasteiger partial charge in [0.05, 0.1) is 11.7 Å². The third-order valence-electron chi connectivity index (χ3n) is 7.20. The Morgan fingerprint density at radius 2 is 1.83 bits per heavy atom. The van der Waals surface area contributed by atoms with Crippen molar-refractivity contribution in [3.63, 3.8) is 0 Å². The largest absolute Gasteiger partial charge is 0.354 e. The molecular formula is C27H30FN5O2. The van der Waals surface area contributed by atoms with Crippen LogP contribution in [-0.4, -0.2) is 44.8 Å². The van der Waals surface area contributed by atoms with Crippen LogP contribution in [0.3, 0.4) is 0 Å². The summed E-state index contributed by atoms with van der Waals surface area (Å²) in [4.78, 5) is 28.4. The lowest BCUT2D eigenvalue weighted by Crippen LogP contribution is -2.40. The number of halogens is 1. The fourth-order valence-electron chi connectivity index (χ4n) is 5.12. The molecule has 1 fully saturated rings. The molecular weight excluding hydrogens is 445 g/mol. The van der Waals surface area contributed by atoms with Gasteiger partial charge in [-0.15, -0.1) is 0 Å². The molecule has 1 amide bonds. The van der Waals surface area contributed by atoms with Crippen LogP contribution in [0.4, 0.5) is 4.39 Å². The first kappa shape index (κ1) is 23.2. The molecule has 182 valence electrons. The van der Waals surface area contributed by atoms with Gasteiger partial charge in [-0.3, -0.25) is 14.5 Å². The van der Waals surface area contributed by atoms with Gasteiger partial charge in [0.15, 0.2) is 0 Å². The van der Waals surface area contributed by atoms with E-state index in [2.05, 4.69) is 15.3 Å². The van der Waals surface area contributed by atoms with Gasteiger partial charge in [0.2, 0.25) is 5.91 Å². The maximum Gasteiger partial charge on any atom is 0.291 e. The zero-order valence-electron chi connectivity index (χ0n) is 20.1. The van der Waals surface area contributed by atoms with Gasteiger partial charge in [0.1, 0.15) is 17.4 Å². The van der Waals surface area contributed by atoms with Crippen molar-refractivity contribution in [2.24, 2.45) is 13.0 Å². The number of hydrogen-bond donors (Lipinski definition) is 1. The molecule has 7 nitrogen and oxygen atoms in total. The molecule has 4 aromatic rings. The molecule has 0 radical (unpaired) electrons. The number of piperidine rings is 1. The first-order valence-corrected chi connectivity index (χ1v) is 12.1. The predicted molar refractivity (Wildman–Crippen MR) is 135 cm³/mol. The number of rotatable bonds is 6. The number of benzene rings is 2. The second-order valence-electron chi connectivity index (χ2n) is 9.45. The lowest BCUT2D eigenvalue weighted by molar-refractivity contribution is -0.123. The Bertz CT molecular complexity index is 1430. The minimum absolute atomic E-state index is 0.111. The molecule has 2 aromatic carbocycles. The number of likely N-dealkylation sites (tertiary alicyclic amines) is 1. The highest BCUT2D eigenvalue weighted by Gasteiger charge is 2.25. The molecule has 2 aromatic heterocycles. The molecule has 35 heavy (non-hydrogen) atoms. The van der Waals surface area contributed by atoms with Gasteiger partial charge in [0, 0.05) is 36.5 Å². The number of aryl methyl sites for hydroxylation is 1. The van der Waals surface area contributed by atoms with Crippen LogP contribution in [0.1, 0.15) is 31.4 Å². The molecule has 3 heterocycles. The van der Waals surface area contributed by atoms with E-state index in [1.54, 1.807) is 19.3 Å². The van der Waals surface area contributed by atoms with E-state index in [0.717, 1.165) is 47.8 Å². The highest BCUT2D eigenvalue weighted by atomic mass is 19.1. The number of aromatic nitrogens is 3. The number of fused-ring (bicyclic) bond motifs is 3. The van der Waals surface area contributed by atoms with Gasteiger partial charge in [-0.1, -0.05) is 36.4 Å². The van der Waals surface area contributed by atoms with Crippen molar-refractivity contribution in [3.05, 3.63) is 76.5 Å². The van der Waals surface area contributed by atoms with Crippen molar-refractivity contribution < 1.29 is 9.18 Å². The van der Waals surface area contributed by atoms with Crippen molar-refractivity contribution in [2.75, 3.05) is 19.6 Å². The van der Waals surface area contributed by atoms with Crippen LogP contribution in [-0.2, 0) is 18.4 Å². The number of nitrogens with one attached hydrogen (secondary N) is 1. The Kier molecular flexibility index (Phi) is 6.38. The second-order valence-corrected chi connectivity index (χ2v) is 9.45. The average Bonchev–Trinajstić information content (AvgIpc) is 3.21. The summed E-state index contributed by atoms with van der Waals surface area (Å²) in [7, 11) is 1.62. The number of para-hydroxylation sites is 1. The molecule has 1 aliphatic heterocycles. The Morgan fingerprint density at radius 1 is 1.11 bits per heavy atom. The highest BCUT2D eigenvalue weighted by molar-refractivity contribution is 6.08. The molecule has 1 unspecified atom stereocenters. The SMILES string of the molecule is CC(C(=O)NCC1CCN(Cc2ccccc2F)CC1)n1c2ccccc2c2cnn(C)c(=O)c21. The predicted octanol–water partition coefficient (Wildman–Crippen LogP) is 3.62. The average molecular weight is 476 g/mol. The second kappa shape index (κ2) is 9.62. The topological polar surface area (TPSA) is 72.2 Å². The minimum Gasteiger partial charge on any atom is -0.354 e. The lowest BCUT2D eigenvalue weighted by atomic mass is 9.96. The van der Waals surface area contributed by atoms with E-state index in [1.807, 2.05) is 47.9 Å². The Hall–Kier alpha value is -3.52. The van der Waals surface area contributed by atoms with Gasteiger partial charge in [0.25, 0.3) is 5.56 Å². The lowest BCUT2D eigenvalue weighted by Gasteiger charge is -2.32. The monoisotopic (exact) mass is 475 g/mol. The van der Waals surface area contributed by atoms with Crippen molar-refractivity contribution >= 4 is 27.7 Å². The molecule has 1 aliphatic rings. The zero-order valence-corrected chi connectivity index (χ0v) is 20.1. The van der Waals surface area contributed by atoms with Crippen molar-refractivity contribution in [1.82, 2.24) is 24.6 Å². The third-order valence-corrected chi connectivity index (χ3v) is 7.20. The van der Waals surface area contributed by atoms with E-state index < -0.39 is 6.04 Å². The molecule has 0 aliphatic carbocycles. The van der Waals surface area contributed by atoms with Crippen LogP contribution < -0.4 is 10.9 Å². The molecule has 8 heteroatoms. The van der Waals surface area contributed by atoms with Gasteiger partial charge in [-0.05, 0) is 50.9 Å². The van der Waals surface area contributed by atoms with Gasteiger partial charge in [-0.2, -0.15) is 5.10 Å². The summed E-state index contributed by atoms with van der Waals surface area (Å²) in [5.74, 6) is 0.102. The van der Waals surface area contributed by atoms with Crippen LogP contribution in [0.25, 0.3) is 21.8 Å². The van der Waals surface area contributed by atoms with Crippen LogP contribution >= 0.6 is 0 Å². The summed E-state index contributed by atoms with van der Waals surface area (Å²) in [6, 6.07) is 14.1. The molecule has 1 saturated heterocycles. The Balaban J connectivity index is 1.26. The fourth-order valence-corrected chi connectivity index (χ4v) is 5.12. The normalized spacial score (nSPS) is 16.1. The van der Waals surface area contributed by atoms with Crippen LogP contribution in [0.15, 0.2) is 59.5 Å². The van der Waals surface area contributed by atoms with E-state index >= 15 is 0 Å². The maximum absolute atomic E-state index is 14.0. The number of nitrogens with zero attached hydrogens (tertiary/aromatic N) is 4. The molecule has 1 atom stereocenters. The Morgan fingerprint density at radius 3 is 2.60 bits per heavy atom. The molecule has 1 N–H and O–H groups in total. The summed E-state index contributed by atoms with van der Waals surface area (Å²) >= 11 is 0. The first-order chi connectivity index (χ1) is 16.9. The van der Waals surface area contributed by atoms with Crippen LogP contribution in [0, 0.1) is 11.7 Å². The highest BCUT2D eigenvalue weighted by Crippen LogP contribution is 2.29. The fraction of sp³-hybridized carbons (Fsp3) is 0.370. The molecule has 0 saturated carbocycles. The van der Waals surface area contributed by atoms with Crippen molar-refractivity contribution in [2.45, 2.75) is 32.4 Å². The molecule has 0 spiro atoms. The van der Waals surface area contributed by atoms with Gasteiger partial charge >= 0.3 is 0 Å². The van der Waals surface area contributed by atoms with E-state index in [4.69, 9.17) is 0 Å². The number of hydrogen-bond acceptors (Lipinski definition) is 4. The number of amides is 1. The van der Waals surface area contributed by atoms with Crippen molar-refractivity contribution in [3.8, 4) is 0 Å². The van der Waals surface area contributed by atoms with Crippen LogP contribution in [0.5, 0.6) is 0 Å². The number of carbonyl (C=O) groups excluding carboxylic acids is 1. The smallest absolute Gasteiger partial charge is 0.291 e. The summed E-state index contributed by atoms with van der Waals surface area (Å²) < 4.78 is 17.1. The summed E-state index contributed by atoms with van der Waals surface area (Å²) in [6.07, 6.45) is 3.59. The number of carbonyl (C=O) groups is 1. The summed E-state index contributed by atoms with van der Waals surface area (Å²) in [6.45, 7) is 4.78.